The Morgan fingerprint density at radius 2 is 1.54 bits per heavy atom. The molecule has 4 atom stereocenters. The normalized spacial score (nSPS) is 24.3. The molecule has 0 N–H and O–H groups in total. The molecule has 0 bridgehead atoms. The lowest BCUT2D eigenvalue weighted by molar-refractivity contribution is -0.123. The van der Waals surface area contributed by atoms with Gasteiger partial charge in [-0.25, -0.2) is 4.90 Å². The average molecular weight is 465 g/mol. The van der Waals surface area contributed by atoms with Gasteiger partial charge in [0, 0.05) is 11.8 Å². The molecule has 3 aromatic rings. The molecular formula is C29H24N2O4. The van der Waals surface area contributed by atoms with Crippen molar-refractivity contribution in [2.45, 2.75) is 19.0 Å². The third-order valence-electron chi connectivity index (χ3n) is 7.40. The zero-order valence-electron chi connectivity index (χ0n) is 19.4. The topological polar surface area (TPSA) is 66.9 Å². The molecule has 6 nitrogen and oxygen atoms in total. The van der Waals surface area contributed by atoms with E-state index in [0.717, 1.165) is 16.7 Å². The number of methoxy groups -OCH3 is 1. The molecule has 35 heavy (non-hydrogen) atoms. The van der Waals surface area contributed by atoms with Crippen molar-refractivity contribution in [2.24, 2.45) is 11.8 Å². The SMILES string of the molecule is COc1ccc(C(=O)[C@@H]2[C@@H]3C(=O)N(c4ccc(C)cc4)C(=O)[C@@H]3[C@@H]3c4ccccc4C=CN23)cc1. The van der Waals surface area contributed by atoms with Gasteiger partial charge in [0.05, 0.1) is 30.7 Å². The Morgan fingerprint density at radius 1 is 0.857 bits per heavy atom. The second kappa shape index (κ2) is 7.94. The Kier molecular flexibility index (Phi) is 4.85. The fraction of sp³-hybridized carbons (Fsp3) is 0.207. The third kappa shape index (κ3) is 3.13. The van der Waals surface area contributed by atoms with Crippen molar-refractivity contribution in [2.75, 3.05) is 12.0 Å². The van der Waals surface area contributed by atoms with Gasteiger partial charge in [-0.3, -0.25) is 14.4 Å². The van der Waals surface area contributed by atoms with Crippen molar-refractivity contribution in [3.63, 3.8) is 0 Å². The van der Waals surface area contributed by atoms with Crippen molar-refractivity contribution in [3.05, 3.63) is 101 Å². The molecule has 2 saturated heterocycles. The second-order valence-corrected chi connectivity index (χ2v) is 9.27. The summed E-state index contributed by atoms with van der Waals surface area (Å²) in [6, 6.07) is 20.9. The summed E-state index contributed by atoms with van der Waals surface area (Å²) < 4.78 is 5.23. The largest absolute Gasteiger partial charge is 0.497 e. The van der Waals surface area contributed by atoms with Gasteiger partial charge in [0.15, 0.2) is 5.78 Å². The predicted molar refractivity (Wildman–Crippen MR) is 132 cm³/mol. The molecule has 6 heteroatoms. The molecule has 0 aromatic heterocycles. The fourth-order valence-electron chi connectivity index (χ4n) is 5.73. The highest BCUT2D eigenvalue weighted by atomic mass is 16.5. The fourth-order valence-corrected chi connectivity index (χ4v) is 5.73. The number of benzene rings is 3. The summed E-state index contributed by atoms with van der Waals surface area (Å²) in [7, 11) is 1.57. The smallest absolute Gasteiger partial charge is 0.240 e. The standard InChI is InChI=1S/C29H24N2O4/c1-17-7-11-20(12-8-17)31-28(33)23-24(29(31)34)26(27(32)19-9-13-21(35-2)14-10-19)30-16-15-18-5-3-4-6-22(18)25(23)30/h3-16,23-26H,1-2H3/t23-,24+,25-,26-/m0/s1. The maximum atomic E-state index is 13.9. The van der Waals surface area contributed by atoms with E-state index in [1.165, 1.54) is 4.90 Å². The molecule has 174 valence electrons. The van der Waals surface area contributed by atoms with Crippen LogP contribution in [0.15, 0.2) is 79.0 Å². The molecule has 0 radical (unpaired) electrons. The van der Waals surface area contributed by atoms with E-state index < -0.39 is 17.9 Å². The van der Waals surface area contributed by atoms with Crippen LogP contribution in [0.4, 0.5) is 5.69 Å². The number of hydrogen-bond donors (Lipinski definition) is 0. The number of carbonyl (C=O) groups excluding carboxylic acids is 3. The molecule has 0 unspecified atom stereocenters. The highest BCUT2D eigenvalue weighted by Gasteiger charge is 2.64. The summed E-state index contributed by atoms with van der Waals surface area (Å²) >= 11 is 0. The number of ether oxygens (including phenoxy) is 1. The molecule has 2 amide bonds. The lowest BCUT2D eigenvalue weighted by atomic mass is 9.83. The van der Waals surface area contributed by atoms with Crippen molar-refractivity contribution < 1.29 is 19.1 Å². The minimum absolute atomic E-state index is 0.180. The summed E-state index contributed by atoms with van der Waals surface area (Å²) in [4.78, 5) is 44.8. The zero-order valence-corrected chi connectivity index (χ0v) is 19.4. The molecule has 2 fully saturated rings. The number of nitrogens with zero attached hydrogens (tertiary/aromatic N) is 2. The van der Waals surface area contributed by atoms with Crippen LogP contribution in [0, 0.1) is 18.8 Å². The van der Waals surface area contributed by atoms with Gasteiger partial charge in [-0.1, -0.05) is 42.0 Å². The van der Waals surface area contributed by atoms with E-state index in [9.17, 15) is 14.4 Å². The Morgan fingerprint density at radius 3 is 2.26 bits per heavy atom. The number of carbonyl (C=O) groups is 3. The van der Waals surface area contributed by atoms with Gasteiger partial charge in [-0.05, 0) is 60.5 Å². The first-order valence-electron chi connectivity index (χ1n) is 11.7. The molecule has 0 aliphatic carbocycles. The molecule has 6 rings (SSSR count). The lowest BCUT2D eigenvalue weighted by Crippen LogP contribution is -2.44. The minimum Gasteiger partial charge on any atom is -0.497 e. The van der Waals surface area contributed by atoms with E-state index in [1.54, 1.807) is 43.5 Å². The Bertz CT molecular complexity index is 1380. The first kappa shape index (κ1) is 21.4. The molecule has 3 aliphatic heterocycles. The lowest BCUT2D eigenvalue weighted by Gasteiger charge is -2.35. The maximum Gasteiger partial charge on any atom is 0.240 e. The van der Waals surface area contributed by atoms with Gasteiger partial charge in [-0.2, -0.15) is 0 Å². The molecule has 3 aliphatic rings. The number of hydrogen-bond acceptors (Lipinski definition) is 5. The van der Waals surface area contributed by atoms with Gasteiger partial charge in [0.2, 0.25) is 11.8 Å². The highest BCUT2D eigenvalue weighted by Crippen LogP contribution is 2.53. The van der Waals surface area contributed by atoms with Gasteiger partial charge in [0.1, 0.15) is 11.8 Å². The van der Waals surface area contributed by atoms with E-state index in [4.69, 9.17) is 4.74 Å². The maximum absolute atomic E-state index is 13.9. The number of ketones is 1. The van der Waals surface area contributed by atoms with E-state index in [2.05, 4.69) is 0 Å². The highest BCUT2D eigenvalue weighted by molar-refractivity contribution is 6.24. The van der Waals surface area contributed by atoms with Crippen LogP contribution in [-0.2, 0) is 9.59 Å². The van der Waals surface area contributed by atoms with Gasteiger partial charge in [-0.15, -0.1) is 0 Å². The number of aryl methyl sites for hydroxylation is 1. The number of anilines is 1. The van der Waals surface area contributed by atoms with Crippen molar-refractivity contribution in [1.82, 2.24) is 4.90 Å². The Balaban J connectivity index is 1.47. The summed E-state index contributed by atoms with van der Waals surface area (Å²) in [5, 5.41) is 0. The van der Waals surface area contributed by atoms with Crippen LogP contribution in [0.2, 0.25) is 0 Å². The number of imide groups is 1. The minimum atomic E-state index is -0.783. The predicted octanol–water partition coefficient (Wildman–Crippen LogP) is 4.40. The number of rotatable bonds is 4. The van der Waals surface area contributed by atoms with Crippen LogP contribution in [0.25, 0.3) is 6.08 Å². The summed E-state index contributed by atoms with van der Waals surface area (Å²) in [5.41, 5.74) is 4.03. The van der Waals surface area contributed by atoms with Crippen molar-refractivity contribution in [3.8, 4) is 5.75 Å². The Labute approximate surface area is 203 Å². The van der Waals surface area contributed by atoms with Gasteiger partial charge >= 0.3 is 0 Å². The summed E-state index contributed by atoms with van der Waals surface area (Å²) in [6.07, 6.45) is 3.82. The number of amides is 2. The third-order valence-corrected chi connectivity index (χ3v) is 7.40. The second-order valence-electron chi connectivity index (χ2n) is 9.27. The zero-order chi connectivity index (χ0) is 24.3. The van der Waals surface area contributed by atoms with Crippen LogP contribution in [0.1, 0.15) is 33.1 Å². The van der Waals surface area contributed by atoms with E-state index in [0.29, 0.717) is 17.0 Å². The van der Waals surface area contributed by atoms with Crippen LogP contribution >= 0.6 is 0 Å². The quantitative estimate of drug-likeness (QED) is 0.423. The molecule has 0 saturated carbocycles. The monoisotopic (exact) mass is 464 g/mol. The number of Topliss-reactive ketones (excluding diaryl/α,β-unsaturated/α-hetero) is 1. The first-order valence-corrected chi connectivity index (χ1v) is 11.7. The van der Waals surface area contributed by atoms with E-state index >= 15 is 0 Å². The van der Waals surface area contributed by atoms with Crippen molar-refractivity contribution in [1.29, 1.82) is 0 Å². The van der Waals surface area contributed by atoms with E-state index in [-0.39, 0.29) is 23.6 Å². The van der Waals surface area contributed by atoms with Crippen LogP contribution in [0.5, 0.6) is 5.75 Å². The number of fused-ring (bicyclic) bond motifs is 5. The molecule has 3 heterocycles. The van der Waals surface area contributed by atoms with Crippen LogP contribution < -0.4 is 9.64 Å². The van der Waals surface area contributed by atoms with Crippen LogP contribution in [-0.4, -0.2) is 35.6 Å². The van der Waals surface area contributed by atoms with Crippen LogP contribution in [0.3, 0.4) is 0 Å². The molecule has 3 aromatic carbocycles. The first-order chi connectivity index (χ1) is 17.0. The van der Waals surface area contributed by atoms with Gasteiger partial charge in [0.25, 0.3) is 0 Å². The van der Waals surface area contributed by atoms with Gasteiger partial charge < -0.3 is 9.64 Å². The summed E-state index contributed by atoms with van der Waals surface area (Å²) in [5.74, 6) is -1.54. The average Bonchev–Trinajstić information content (AvgIpc) is 3.37. The van der Waals surface area contributed by atoms with Crippen molar-refractivity contribution >= 4 is 29.4 Å². The Hall–Kier alpha value is -4.19. The summed E-state index contributed by atoms with van der Waals surface area (Å²) in [6.45, 7) is 1.96. The molecule has 0 spiro atoms. The molecular weight excluding hydrogens is 440 g/mol. The van der Waals surface area contributed by atoms with E-state index in [1.807, 2.05) is 60.5 Å².